The molecule has 7 heteroatoms. The number of alkyl halides is 3. The Morgan fingerprint density at radius 1 is 1.30 bits per heavy atom. The molecule has 0 aromatic heterocycles. The number of amides is 1. The summed E-state index contributed by atoms with van der Waals surface area (Å²) in [6.45, 7) is 1.21. The number of nitrogens with zero attached hydrogens (tertiary/aromatic N) is 1. The molecule has 110 valence electrons. The number of hydrogen-bond donors (Lipinski definition) is 1. The molecule has 0 bridgehead atoms. The van der Waals surface area contributed by atoms with E-state index in [-0.39, 0.29) is 6.54 Å². The first-order chi connectivity index (χ1) is 9.14. The maximum Gasteiger partial charge on any atom is 0.417 e. The van der Waals surface area contributed by atoms with Gasteiger partial charge < -0.3 is 10.0 Å². The first-order valence-electron chi connectivity index (χ1n) is 5.79. The van der Waals surface area contributed by atoms with E-state index < -0.39 is 35.1 Å². The number of carbonyl (C=O) groups excluding carboxylic acids is 1. The molecule has 1 atom stereocenters. The first kappa shape index (κ1) is 16.0. The summed E-state index contributed by atoms with van der Waals surface area (Å²) < 4.78 is 38.4. The Hall–Kier alpha value is -2.05. The zero-order chi connectivity index (χ0) is 15.5. The molecule has 0 saturated carbocycles. The second-order valence-electron chi connectivity index (χ2n) is 4.47. The van der Waals surface area contributed by atoms with Crippen molar-refractivity contribution in [1.29, 1.82) is 0 Å². The molecular weight excluding hydrogens is 275 g/mol. The van der Waals surface area contributed by atoms with E-state index in [2.05, 4.69) is 0 Å². The number of carboxylic acids is 1. The van der Waals surface area contributed by atoms with E-state index in [1.807, 2.05) is 0 Å². The molecule has 20 heavy (non-hydrogen) atoms. The highest BCUT2D eigenvalue weighted by atomic mass is 19.4. The predicted octanol–water partition coefficient (Wildman–Crippen LogP) is 2.50. The Balaban J connectivity index is 3.01. The van der Waals surface area contributed by atoms with Gasteiger partial charge in [0.05, 0.1) is 17.0 Å². The van der Waals surface area contributed by atoms with Crippen LogP contribution in [0.2, 0.25) is 0 Å². The van der Waals surface area contributed by atoms with Crippen LogP contribution < -0.4 is 0 Å². The molecule has 0 heterocycles. The molecule has 0 aliphatic carbocycles. The average Bonchev–Trinajstić information content (AvgIpc) is 2.36. The Kier molecular flexibility index (Phi) is 4.75. The molecule has 1 amide bonds. The van der Waals surface area contributed by atoms with Crippen LogP contribution in [0.4, 0.5) is 13.2 Å². The van der Waals surface area contributed by atoms with E-state index >= 15 is 0 Å². The smallest absolute Gasteiger partial charge is 0.417 e. The SMILES string of the molecule is CC(CN(C)C(=O)c1ccccc1C(F)(F)F)C(=O)O. The number of carboxylic acid groups (broad SMARTS) is 1. The van der Waals surface area contributed by atoms with Crippen molar-refractivity contribution in [2.24, 2.45) is 5.92 Å². The Bertz CT molecular complexity index is 514. The summed E-state index contributed by atoms with van der Waals surface area (Å²) in [5.41, 5.74) is -1.51. The van der Waals surface area contributed by atoms with Gasteiger partial charge in [0, 0.05) is 13.6 Å². The second kappa shape index (κ2) is 5.94. The maximum atomic E-state index is 12.8. The van der Waals surface area contributed by atoms with Crippen LogP contribution in [-0.4, -0.2) is 35.5 Å². The zero-order valence-electron chi connectivity index (χ0n) is 10.9. The molecule has 0 aliphatic heterocycles. The lowest BCUT2D eigenvalue weighted by Gasteiger charge is -2.21. The van der Waals surface area contributed by atoms with Crippen LogP contribution in [0.25, 0.3) is 0 Å². The Morgan fingerprint density at radius 3 is 2.35 bits per heavy atom. The van der Waals surface area contributed by atoms with Gasteiger partial charge in [-0.2, -0.15) is 13.2 Å². The fourth-order valence-corrected chi connectivity index (χ4v) is 1.69. The fraction of sp³-hybridized carbons (Fsp3) is 0.385. The van der Waals surface area contributed by atoms with Gasteiger partial charge in [0.25, 0.3) is 5.91 Å². The molecule has 1 aromatic rings. The quantitative estimate of drug-likeness (QED) is 0.926. The van der Waals surface area contributed by atoms with E-state index in [9.17, 15) is 22.8 Å². The van der Waals surface area contributed by atoms with Crippen molar-refractivity contribution in [1.82, 2.24) is 4.90 Å². The van der Waals surface area contributed by atoms with Gasteiger partial charge in [-0.3, -0.25) is 9.59 Å². The van der Waals surface area contributed by atoms with Gasteiger partial charge in [0.1, 0.15) is 0 Å². The molecule has 1 unspecified atom stereocenters. The summed E-state index contributed by atoms with van der Waals surface area (Å²) in [6, 6.07) is 4.42. The van der Waals surface area contributed by atoms with Gasteiger partial charge in [-0.15, -0.1) is 0 Å². The van der Waals surface area contributed by atoms with Gasteiger partial charge in [-0.05, 0) is 12.1 Å². The second-order valence-corrected chi connectivity index (χ2v) is 4.47. The molecule has 0 fully saturated rings. The van der Waals surface area contributed by atoms with Crippen LogP contribution in [0.5, 0.6) is 0 Å². The summed E-state index contributed by atoms with van der Waals surface area (Å²) in [7, 11) is 1.27. The van der Waals surface area contributed by atoms with Crippen molar-refractivity contribution in [2.75, 3.05) is 13.6 Å². The van der Waals surface area contributed by atoms with Gasteiger partial charge in [0.2, 0.25) is 0 Å². The topological polar surface area (TPSA) is 57.6 Å². The standard InChI is InChI=1S/C13H14F3NO3/c1-8(12(19)20)7-17(2)11(18)9-5-3-4-6-10(9)13(14,15)16/h3-6,8H,7H2,1-2H3,(H,19,20). The van der Waals surface area contributed by atoms with Crippen LogP contribution >= 0.6 is 0 Å². The third-order valence-electron chi connectivity index (χ3n) is 2.78. The molecule has 0 saturated heterocycles. The largest absolute Gasteiger partial charge is 0.481 e. The first-order valence-corrected chi connectivity index (χ1v) is 5.79. The summed E-state index contributed by atoms with van der Waals surface area (Å²) in [5.74, 6) is -2.83. The highest BCUT2D eigenvalue weighted by Gasteiger charge is 2.35. The molecule has 4 nitrogen and oxygen atoms in total. The van der Waals surface area contributed by atoms with Crippen molar-refractivity contribution in [3.8, 4) is 0 Å². The van der Waals surface area contributed by atoms with E-state index in [1.165, 1.54) is 26.1 Å². The van der Waals surface area contributed by atoms with Gasteiger partial charge >= 0.3 is 12.1 Å². The van der Waals surface area contributed by atoms with E-state index in [1.54, 1.807) is 0 Å². The number of carbonyl (C=O) groups is 2. The minimum atomic E-state index is -4.63. The van der Waals surface area contributed by atoms with Crippen LogP contribution in [0.15, 0.2) is 24.3 Å². The minimum absolute atomic E-state index is 0.166. The number of benzene rings is 1. The third kappa shape index (κ3) is 3.72. The lowest BCUT2D eigenvalue weighted by Crippen LogP contribution is -2.34. The molecule has 0 radical (unpaired) electrons. The Labute approximate surface area is 113 Å². The van der Waals surface area contributed by atoms with E-state index in [4.69, 9.17) is 5.11 Å². The van der Waals surface area contributed by atoms with Crippen LogP contribution in [0.1, 0.15) is 22.8 Å². The van der Waals surface area contributed by atoms with Crippen LogP contribution in [0.3, 0.4) is 0 Å². The lowest BCUT2D eigenvalue weighted by atomic mass is 10.1. The fourth-order valence-electron chi connectivity index (χ4n) is 1.69. The molecule has 0 aliphatic rings. The number of aliphatic carboxylic acids is 1. The highest BCUT2D eigenvalue weighted by Crippen LogP contribution is 2.32. The van der Waals surface area contributed by atoms with Gasteiger partial charge in [-0.1, -0.05) is 19.1 Å². The minimum Gasteiger partial charge on any atom is -0.481 e. The van der Waals surface area contributed by atoms with Gasteiger partial charge in [-0.25, -0.2) is 0 Å². The normalized spacial score (nSPS) is 12.8. The summed E-state index contributed by atoms with van der Waals surface area (Å²) >= 11 is 0. The number of hydrogen-bond acceptors (Lipinski definition) is 2. The molecule has 1 N–H and O–H groups in total. The summed E-state index contributed by atoms with van der Waals surface area (Å²) in [4.78, 5) is 23.7. The highest BCUT2D eigenvalue weighted by molar-refractivity contribution is 5.96. The van der Waals surface area contributed by atoms with Crippen molar-refractivity contribution >= 4 is 11.9 Å². The number of halogens is 3. The number of rotatable bonds is 4. The molecule has 1 rings (SSSR count). The van der Waals surface area contributed by atoms with E-state index in [0.717, 1.165) is 17.0 Å². The third-order valence-corrected chi connectivity index (χ3v) is 2.78. The van der Waals surface area contributed by atoms with Crippen molar-refractivity contribution in [2.45, 2.75) is 13.1 Å². The van der Waals surface area contributed by atoms with E-state index in [0.29, 0.717) is 0 Å². The zero-order valence-corrected chi connectivity index (χ0v) is 10.9. The van der Waals surface area contributed by atoms with Gasteiger partial charge in [0.15, 0.2) is 0 Å². The lowest BCUT2D eigenvalue weighted by molar-refractivity contribution is -0.141. The summed E-state index contributed by atoms with van der Waals surface area (Å²) in [5, 5.41) is 8.75. The van der Waals surface area contributed by atoms with Crippen LogP contribution in [-0.2, 0) is 11.0 Å². The monoisotopic (exact) mass is 289 g/mol. The van der Waals surface area contributed by atoms with Crippen molar-refractivity contribution in [3.63, 3.8) is 0 Å². The molecular formula is C13H14F3NO3. The summed E-state index contributed by atoms with van der Waals surface area (Å²) in [6.07, 6.45) is -4.63. The predicted molar refractivity (Wildman–Crippen MR) is 65.2 cm³/mol. The van der Waals surface area contributed by atoms with Crippen molar-refractivity contribution < 1.29 is 27.9 Å². The van der Waals surface area contributed by atoms with Crippen LogP contribution in [0, 0.1) is 5.92 Å². The maximum absolute atomic E-state index is 12.8. The Morgan fingerprint density at radius 2 is 1.85 bits per heavy atom. The molecule has 0 spiro atoms. The average molecular weight is 289 g/mol. The van der Waals surface area contributed by atoms with Crippen molar-refractivity contribution in [3.05, 3.63) is 35.4 Å². The molecule has 1 aromatic carbocycles.